The third-order valence-electron chi connectivity index (χ3n) is 0.678. The maximum atomic E-state index is 10.1. The summed E-state index contributed by atoms with van der Waals surface area (Å²) in [6, 6.07) is 0. The van der Waals surface area contributed by atoms with Gasteiger partial charge in [0.05, 0.1) is 5.75 Å². The topological polar surface area (TPSA) is 92.7 Å². The van der Waals surface area contributed by atoms with Crippen LogP contribution < -0.4 is 5.48 Å². The number of hydrogen-bond donors (Lipinski definition) is 2. The van der Waals surface area contributed by atoms with Crippen LogP contribution in [0, 0.1) is 0 Å². The fraction of sp³-hybridized carbons (Fsp3) is 0.750. The van der Waals surface area contributed by atoms with Gasteiger partial charge in [-0.2, -0.15) is 13.9 Å². The molecule has 7 heteroatoms. The quantitative estimate of drug-likeness (QED) is 0.328. The molecule has 0 aliphatic heterocycles. The predicted octanol–water partition coefficient (Wildman–Crippen LogP) is -1.06. The summed E-state index contributed by atoms with van der Waals surface area (Å²) in [6.07, 6.45) is 0. The van der Waals surface area contributed by atoms with E-state index >= 15 is 0 Å². The normalized spacial score (nSPS) is 11.1. The summed E-state index contributed by atoms with van der Waals surface area (Å²) >= 11 is 0. The largest absolute Gasteiger partial charge is 0.371 e. The summed E-state index contributed by atoms with van der Waals surface area (Å²) < 4.78 is 28.3. The number of hydroxylamine groups is 1. The van der Waals surface area contributed by atoms with Gasteiger partial charge in [-0.3, -0.25) is 9.35 Å². The molecule has 0 unspecified atom stereocenters. The second-order valence-electron chi connectivity index (χ2n) is 1.77. The van der Waals surface area contributed by atoms with Crippen molar-refractivity contribution in [1.29, 1.82) is 0 Å². The Balaban J connectivity index is 3.37. The third-order valence-corrected chi connectivity index (χ3v) is 1.40. The first-order valence-electron chi connectivity index (χ1n) is 2.77. The lowest BCUT2D eigenvalue weighted by Crippen LogP contribution is -2.24. The van der Waals surface area contributed by atoms with Gasteiger partial charge in [-0.25, -0.2) is 0 Å². The molecule has 0 saturated carbocycles. The van der Waals surface area contributed by atoms with E-state index < -0.39 is 21.8 Å². The Labute approximate surface area is 64.2 Å². The van der Waals surface area contributed by atoms with Gasteiger partial charge in [0.25, 0.3) is 10.1 Å². The zero-order valence-electron chi connectivity index (χ0n) is 5.90. The minimum absolute atomic E-state index is 0.127. The fourth-order valence-corrected chi connectivity index (χ4v) is 0.665. The van der Waals surface area contributed by atoms with Crippen LogP contribution in [0.3, 0.4) is 0 Å². The highest BCUT2D eigenvalue weighted by Crippen LogP contribution is 1.78. The van der Waals surface area contributed by atoms with Gasteiger partial charge in [-0.05, 0) is 0 Å². The van der Waals surface area contributed by atoms with Crippen LogP contribution in [-0.4, -0.2) is 31.2 Å². The van der Waals surface area contributed by atoms with Crippen molar-refractivity contribution in [1.82, 2.24) is 5.48 Å². The van der Waals surface area contributed by atoms with E-state index in [-0.39, 0.29) is 6.54 Å². The van der Waals surface area contributed by atoms with Crippen molar-refractivity contribution in [2.45, 2.75) is 6.92 Å². The number of hydrogen-bond acceptors (Lipinski definition) is 5. The SMILES string of the molecule is CC(=O)ONCCS(=O)(=O)O. The Kier molecular flexibility index (Phi) is 4.01. The van der Waals surface area contributed by atoms with Crippen molar-refractivity contribution in [3.63, 3.8) is 0 Å². The second-order valence-corrected chi connectivity index (χ2v) is 3.35. The lowest BCUT2D eigenvalue weighted by molar-refractivity contribution is -0.148. The number of nitrogens with one attached hydrogen (secondary N) is 1. The van der Waals surface area contributed by atoms with E-state index in [1.165, 1.54) is 6.92 Å². The molecule has 0 bridgehead atoms. The molecule has 0 amide bonds. The summed E-state index contributed by atoms with van der Waals surface area (Å²) in [6.45, 7) is 1.04. The monoisotopic (exact) mass is 183 g/mol. The molecule has 11 heavy (non-hydrogen) atoms. The molecule has 0 fully saturated rings. The van der Waals surface area contributed by atoms with Gasteiger partial charge in [0.1, 0.15) is 0 Å². The van der Waals surface area contributed by atoms with E-state index in [1.807, 2.05) is 0 Å². The van der Waals surface area contributed by atoms with Gasteiger partial charge in [0.2, 0.25) is 0 Å². The van der Waals surface area contributed by atoms with Crippen molar-refractivity contribution in [2.24, 2.45) is 0 Å². The molecule has 0 aliphatic rings. The van der Waals surface area contributed by atoms with E-state index in [4.69, 9.17) is 4.55 Å². The number of carbonyl (C=O) groups excluding carboxylic acids is 1. The van der Waals surface area contributed by atoms with Crippen molar-refractivity contribution in [3.8, 4) is 0 Å². The van der Waals surface area contributed by atoms with E-state index in [1.54, 1.807) is 0 Å². The lowest BCUT2D eigenvalue weighted by atomic mass is 10.8. The van der Waals surface area contributed by atoms with Gasteiger partial charge in [0.15, 0.2) is 0 Å². The molecule has 0 aromatic heterocycles. The average molecular weight is 183 g/mol. The second kappa shape index (κ2) is 4.27. The molecule has 0 rings (SSSR count). The minimum Gasteiger partial charge on any atom is -0.371 e. The molecule has 66 valence electrons. The number of carbonyl (C=O) groups is 1. The predicted molar refractivity (Wildman–Crippen MR) is 36.2 cm³/mol. The molecule has 0 heterocycles. The first-order chi connectivity index (χ1) is 4.92. The molecule has 0 atom stereocenters. The summed E-state index contributed by atoms with van der Waals surface area (Å²) in [7, 11) is -3.98. The number of rotatable bonds is 4. The van der Waals surface area contributed by atoms with Crippen LogP contribution in [0.25, 0.3) is 0 Å². The summed E-state index contributed by atoms with van der Waals surface area (Å²) in [5.74, 6) is -1.05. The average Bonchev–Trinajstić information content (AvgIpc) is 1.78. The molecule has 0 radical (unpaired) electrons. The van der Waals surface area contributed by atoms with Crippen molar-refractivity contribution in [3.05, 3.63) is 0 Å². The molecular weight excluding hydrogens is 174 g/mol. The van der Waals surface area contributed by atoms with Crippen LogP contribution in [0.1, 0.15) is 6.92 Å². The first-order valence-corrected chi connectivity index (χ1v) is 4.38. The summed E-state index contributed by atoms with van der Waals surface area (Å²) in [4.78, 5) is 14.2. The maximum absolute atomic E-state index is 10.1. The van der Waals surface area contributed by atoms with Gasteiger partial charge in [-0.1, -0.05) is 0 Å². The Morgan fingerprint density at radius 3 is 2.55 bits per heavy atom. The van der Waals surface area contributed by atoms with Crippen molar-refractivity contribution in [2.75, 3.05) is 12.3 Å². The lowest BCUT2D eigenvalue weighted by Gasteiger charge is -2.00. The molecular formula is C4H9NO5S. The van der Waals surface area contributed by atoms with Gasteiger partial charge in [-0.15, -0.1) is 0 Å². The van der Waals surface area contributed by atoms with E-state index in [9.17, 15) is 13.2 Å². The van der Waals surface area contributed by atoms with Crippen LogP contribution >= 0.6 is 0 Å². The Morgan fingerprint density at radius 2 is 2.18 bits per heavy atom. The molecule has 0 aliphatic carbocycles. The minimum atomic E-state index is -3.98. The Hall–Kier alpha value is -0.660. The van der Waals surface area contributed by atoms with Gasteiger partial charge < -0.3 is 4.84 Å². The smallest absolute Gasteiger partial charge is 0.321 e. The van der Waals surface area contributed by atoms with Crippen molar-refractivity contribution < 1.29 is 22.6 Å². The van der Waals surface area contributed by atoms with Crippen molar-refractivity contribution >= 4 is 16.1 Å². The fourth-order valence-electron chi connectivity index (χ4n) is 0.323. The highest BCUT2D eigenvalue weighted by Gasteiger charge is 2.03. The standard InChI is InChI=1S/C4H9NO5S/c1-4(6)10-5-2-3-11(7,8)9/h5H,2-3H2,1H3,(H,7,8,9). The zero-order valence-corrected chi connectivity index (χ0v) is 6.72. The van der Waals surface area contributed by atoms with Crippen LogP contribution in [0.4, 0.5) is 0 Å². The molecule has 0 saturated heterocycles. The van der Waals surface area contributed by atoms with E-state index in [0.29, 0.717) is 0 Å². The summed E-state index contributed by atoms with van der Waals surface area (Å²) in [5.41, 5.74) is 2.05. The highest BCUT2D eigenvalue weighted by molar-refractivity contribution is 7.85. The zero-order chi connectivity index (χ0) is 8.91. The molecule has 0 aromatic carbocycles. The van der Waals surface area contributed by atoms with Crippen LogP contribution in [0.5, 0.6) is 0 Å². The van der Waals surface area contributed by atoms with Crippen LogP contribution in [-0.2, 0) is 19.8 Å². The molecule has 6 nitrogen and oxygen atoms in total. The van der Waals surface area contributed by atoms with Gasteiger partial charge in [0, 0.05) is 13.5 Å². The Morgan fingerprint density at radius 1 is 1.64 bits per heavy atom. The van der Waals surface area contributed by atoms with E-state index in [0.717, 1.165) is 0 Å². The van der Waals surface area contributed by atoms with E-state index in [2.05, 4.69) is 10.3 Å². The third kappa shape index (κ3) is 9.34. The summed E-state index contributed by atoms with van der Waals surface area (Å²) in [5, 5.41) is 0. The Bertz CT molecular complexity index is 221. The highest BCUT2D eigenvalue weighted by atomic mass is 32.2. The maximum Gasteiger partial charge on any atom is 0.321 e. The van der Waals surface area contributed by atoms with Gasteiger partial charge >= 0.3 is 5.97 Å². The first kappa shape index (κ1) is 10.3. The molecule has 0 aromatic rings. The molecule has 2 N–H and O–H groups in total. The van der Waals surface area contributed by atoms with Crippen LogP contribution in [0.2, 0.25) is 0 Å². The van der Waals surface area contributed by atoms with Crippen LogP contribution in [0.15, 0.2) is 0 Å². The molecule has 0 spiro atoms.